The van der Waals surface area contributed by atoms with Crippen LogP contribution >= 0.6 is 0 Å². The van der Waals surface area contributed by atoms with E-state index in [-0.39, 0.29) is 29.5 Å². The lowest BCUT2D eigenvalue weighted by Gasteiger charge is -2.52. The topological polar surface area (TPSA) is 43.8 Å². The SMILES string of the molecule is C[C@H]1N(CC2CC2)C=CC2CC(N(C)C(=O)/C=C/c3ccccc3C(F)(F)F)CCC21O. The highest BCUT2D eigenvalue weighted by atomic mass is 19.4. The first kappa shape index (κ1) is 22.9. The highest BCUT2D eigenvalue weighted by Gasteiger charge is 2.49. The van der Waals surface area contributed by atoms with Crippen LogP contribution in [-0.2, 0) is 11.0 Å². The molecule has 4 atom stereocenters. The first-order valence-electron chi connectivity index (χ1n) is 11.4. The minimum atomic E-state index is -4.47. The van der Waals surface area contributed by atoms with Gasteiger partial charge in [-0.3, -0.25) is 4.79 Å². The third-order valence-corrected chi connectivity index (χ3v) is 7.51. The van der Waals surface area contributed by atoms with E-state index < -0.39 is 17.3 Å². The molecular formula is C25H31F3N2O2. The van der Waals surface area contributed by atoms with Crippen LogP contribution in [0.15, 0.2) is 42.6 Å². The van der Waals surface area contributed by atoms with Gasteiger partial charge in [-0.15, -0.1) is 0 Å². The van der Waals surface area contributed by atoms with Crippen molar-refractivity contribution in [3.8, 4) is 0 Å². The van der Waals surface area contributed by atoms with Crippen LogP contribution in [0.1, 0.15) is 50.2 Å². The number of rotatable bonds is 5. The van der Waals surface area contributed by atoms with Crippen molar-refractivity contribution < 1.29 is 23.1 Å². The molecule has 0 bridgehead atoms. The predicted octanol–water partition coefficient (Wildman–Crippen LogP) is 4.70. The Morgan fingerprint density at radius 2 is 2.00 bits per heavy atom. The summed E-state index contributed by atoms with van der Waals surface area (Å²) in [4.78, 5) is 16.6. The summed E-state index contributed by atoms with van der Waals surface area (Å²) in [6, 6.07) is 5.19. The van der Waals surface area contributed by atoms with Crippen molar-refractivity contribution in [3.63, 3.8) is 0 Å². The van der Waals surface area contributed by atoms with Gasteiger partial charge in [0.05, 0.1) is 17.2 Å². The predicted molar refractivity (Wildman–Crippen MR) is 117 cm³/mol. The summed E-state index contributed by atoms with van der Waals surface area (Å²) < 4.78 is 39.6. The van der Waals surface area contributed by atoms with Gasteiger partial charge in [0.15, 0.2) is 0 Å². The molecular weight excluding hydrogens is 417 g/mol. The van der Waals surface area contributed by atoms with Crippen LogP contribution in [0.5, 0.6) is 0 Å². The van der Waals surface area contributed by atoms with Gasteiger partial charge in [0.2, 0.25) is 5.91 Å². The van der Waals surface area contributed by atoms with E-state index in [9.17, 15) is 23.1 Å². The Morgan fingerprint density at radius 3 is 2.69 bits per heavy atom. The third-order valence-electron chi connectivity index (χ3n) is 7.51. The molecule has 1 aromatic rings. The summed E-state index contributed by atoms with van der Waals surface area (Å²) in [6.07, 6.45) is 6.56. The van der Waals surface area contributed by atoms with E-state index in [1.165, 1.54) is 43.2 Å². The Labute approximate surface area is 187 Å². The van der Waals surface area contributed by atoms with Crippen LogP contribution in [-0.4, -0.2) is 52.1 Å². The van der Waals surface area contributed by atoms with Gasteiger partial charge in [0, 0.05) is 31.6 Å². The van der Waals surface area contributed by atoms with Gasteiger partial charge in [-0.05, 0) is 68.9 Å². The minimum Gasteiger partial charge on any atom is -0.387 e. The van der Waals surface area contributed by atoms with Crippen LogP contribution in [0, 0.1) is 11.8 Å². The molecule has 3 aliphatic rings. The summed E-state index contributed by atoms with van der Waals surface area (Å²) in [5.41, 5.74) is -1.60. The first-order valence-corrected chi connectivity index (χ1v) is 11.4. The number of nitrogens with zero attached hydrogens (tertiary/aromatic N) is 2. The zero-order valence-electron chi connectivity index (χ0n) is 18.6. The normalized spacial score (nSPS) is 30.4. The molecule has 4 rings (SSSR count). The van der Waals surface area contributed by atoms with Crippen LogP contribution in [0.25, 0.3) is 6.08 Å². The van der Waals surface area contributed by atoms with E-state index in [0.29, 0.717) is 19.3 Å². The molecule has 1 aliphatic heterocycles. The smallest absolute Gasteiger partial charge is 0.387 e. The second kappa shape index (κ2) is 8.58. The molecule has 174 valence electrons. The highest BCUT2D eigenvalue weighted by Crippen LogP contribution is 2.44. The van der Waals surface area contributed by atoms with E-state index >= 15 is 0 Å². The van der Waals surface area contributed by atoms with Crippen molar-refractivity contribution in [1.82, 2.24) is 9.80 Å². The largest absolute Gasteiger partial charge is 0.416 e. The zero-order valence-corrected chi connectivity index (χ0v) is 18.6. The van der Waals surface area contributed by atoms with Crippen LogP contribution in [0.4, 0.5) is 13.2 Å². The number of hydrogen-bond acceptors (Lipinski definition) is 3. The Kier molecular flexibility index (Phi) is 6.14. The Balaban J connectivity index is 1.42. The van der Waals surface area contributed by atoms with Crippen molar-refractivity contribution in [2.75, 3.05) is 13.6 Å². The molecule has 0 saturated heterocycles. The van der Waals surface area contributed by atoms with E-state index in [2.05, 4.69) is 24.1 Å². The summed E-state index contributed by atoms with van der Waals surface area (Å²) in [6.45, 7) is 3.06. The molecule has 2 fully saturated rings. The lowest BCUT2D eigenvalue weighted by atomic mass is 9.68. The van der Waals surface area contributed by atoms with Gasteiger partial charge >= 0.3 is 6.18 Å². The minimum absolute atomic E-state index is 0.0267. The third kappa shape index (κ3) is 4.58. The molecule has 7 heteroatoms. The van der Waals surface area contributed by atoms with Gasteiger partial charge in [0.25, 0.3) is 0 Å². The Hall–Kier alpha value is -2.28. The number of amides is 1. The number of carbonyl (C=O) groups excluding carboxylic acids is 1. The maximum atomic E-state index is 13.2. The fourth-order valence-electron chi connectivity index (χ4n) is 5.12. The van der Waals surface area contributed by atoms with Gasteiger partial charge in [-0.25, -0.2) is 0 Å². The van der Waals surface area contributed by atoms with Crippen molar-refractivity contribution in [2.45, 2.75) is 62.9 Å². The number of benzene rings is 1. The van der Waals surface area contributed by atoms with Crippen molar-refractivity contribution in [3.05, 3.63) is 53.7 Å². The molecule has 1 N–H and O–H groups in total. The molecule has 3 unspecified atom stereocenters. The Bertz CT molecular complexity index is 909. The maximum Gasteiger partial charge on any atom is 0.416 e. The summed E-state index contributed by atoms with van der Waals surface area (Å²) in [5, 5.41) is 11.4. The molecule has 2 saturated carbocycles. The molecule has 4 nitrogen and oxygen atoms in total. The lowest BCUT2D eigenvalue weighted by molar-refractivity contribution is -0.137. The number of carbonyl (C=O) groups is 1. The molecule has 0 radical (unpaired) electrons. The molecule has 1 heterocycles. The lowest BCUT2D eigenvalue weighted by Crippen LogP contribution is -2.60. The number of likely N-dealkylation sites (N-methyl/N-ethyl adjacent to an activating group) is 1. The number of alkyl halides is 3. The van der Waals surface area contributed by atoms with Crippen LogP contribution in [0.2, 0.25) is 0 Å². The molecule has 32 heavy (non-hydrogen) atoms. The number of halogens is 3. The first-order chi connectivity index (χ1) is 15.1. The molecule has 0 aromatic heterocycles. The number of hydrogen-bond donors (Lipinski definition) is 1. The van der Waals surface area contributed by atoms with Crippen LogP contribution in [0.3, 0.4) is 0 Å². The van der Waals surface area contributed by atoms with E-state index in [0.717, 1.165) is 18.5 Å². The molecule has 0 spiro atoms. The quantitative estimate of drug-likeness (QED) is 0.664. The summed E-state index contributed by atoms with van der Waals surface area (Å²) >= 11 is 0. The summed E-state index contributed by atoms with van der Waals surface area (Å²) in [5.74, 6) is 0.356. The zero-order chi connectivity index (χ0) is 23.1. The monoisotopic (exact) mass is 448 g/mol. The van der Waals surface area contributed by atoms with Crippen LogP contribution < -0.4 is 0 Å². The number of aliphatic hydroxyl groups is 1. The van der Waals surface area contributed by atoms with Gasteiger partial charge in [-0.2, -0.15) is 13.2 Å². The van der Waals surface area contributed by atoms with Gasteiger partial charge in [-0.1, -0.05) is 24.3 Å². The number of fused-ring (bicyclic) bond motifs is 1. The van der Waals surface area contributed by atoms with Gasteiger partial charge < -0.3 is 14.9 Å². The molecule has 1 amide bonds. The second-order valence-corrected chi connectivity index (χ2v) is 9.55. The average Bonchev–Trinajstić information content (AvgIpc) is 3.58. The van der Waals surface area contributed by atoms with Crippen molar-refractivity contribution >= 4 is 12.0 Å². The maximum absolute atomic E-state index is 13.2. The highest BCUT2D eigenvalue weighted by molar-refractivity contribution is 5.92. The molecule has 1 aromatic carbocycles. The second-order valence-electron chi connectivity index (χ2n) is 9.55. The van der Waals surface area contributed by atoms with E-state index in [1.807, 2.05) is 0 Å². The molecule has 2 aliphatic carbocycles. The van der Waals surface area contributed by atoms with Crippen molar-refractivity contribution in [1.29, 1.82) is 0 Å². The average molecular weight is 449 g/mol. The van der Waals surface area contributed by atoms with Gasteiger partial charge in [0.1, 0.15) is 0 Å². The fraction of sp³-hybridized carbons (Fsp3) is 0.560. The Morgan fingerprint density at radius 1 is 1.28 bits per heavy atom. The summed E-state index contributed by atoms with van der Waals surface area (Å²) in [7, 11) is 1.69. The van der Waals surface area contributed by atoms with E-state index in [4.69, 9.17) is 0 Å². The standard InChI is InChI=1S/C25H31F3N2O2/c1-17-24(32)13-11-21(15-20(24)12-14-30(17)16-18-7-8-18)29(2)23(31)10-9-19-5-3-4-6-22(19)25(26,27)28/h3-6,9-10,12,14,17-18,20-21,32H,7-8,11,13,15-16H2,1-2H3/b10-9+/t17-,20?,21?,24?/m1/s1. The van der Waals surface area contributed by atoms with E-state index in [1.54, 1.807) is 11.9 Å². The fourth-order valence-corrected chi connectivity index (χ4v) is 5.12. The van der Waals surface area contributed by atoms with Crippen molar-refractivity contribution in [2.24, 2.45) is 11.8 Å².